The lowest BCUT2D eigenvalue weighted by Gasteiger charge is -2.28. The van der Waals surface area contributed by atoms with Gasteiger partial charge in [-0.1, -0.05) is 30.3 Å². The molecule has 31 heavy (non-hydrogen) atoms. The Morgan fingerprint density at radius 3 is 2.55 bits per heavy atom. The lowest BCUT2D eigenvalue weighted by atomic mass is 10.1. The van der Waals surface area contributed by atoms with Crippen LogP contribution < -0.4 is 15.8 Å². The maximum absolute atomic E-state index is 12.4. The number of carbonyl (C=O) groups excluding carboxylic acids is 1. The summed E-state index contributed by atoms with van der Waals surface area (Å²) >= 11 is 0. The van der Waals surface area contributed by atoms with E-state index in [0.717, 1.165) is 36.3 Å². The Hall–Kier alpha value is -3.15. The Morgan fingerprint density at radius 1 is 1.16 bits per heavy atom. The number of nitrogens with two attached hydrogens (primary N) is 1. The fourth-order valence-electron chi connectivity index (χ4n) is 3.48. The zero-order chi connectivity index (χ0) is 22.3. The van der Waals surface area contributed by atoms with Crippen LogP contribution in [0.3, 0.4) is 0 Å². The van der Waals surface area contributed by atoms with Crippen molar-refractivity contribution < 1.29 is 14.3 Å². The molecule has 1 fully saturated rings. The Balaban J connectivity index is 1.49. The van der Waals surface area contributed by atoms with Gasteiger partial charge in [-0.15, -0.1) is 0 Å². The van der Waals surface area contributed by atoms with Gasteiger partial charge in [0, 0.05) is 19.3 Å². The molecule has 1 saturated heterocycles. The standard InChI is InChI=1S/C25H33N3O3/c1-25(2,3)31-24(29)28-15-7-10-21(28)16-27-17-23(26)20-11-13-22(14-12-20)30-18-19-8-5-4-6-9-19/h4-6,8-9,11-14,17,21,27H,7,10,15-16,18,26H2,1-3H3/b23-17-. The number of nitrogens with one attached hydrogen (secondary N) is 1. The van der Waals surface area contributed by atoms with E-state index in [1.54, 1.807) is 11.1 Å². The quantitative estimate of drug-likeness (QED) is 0.685. The summed E-state index contributed by atoms with van der Waals surface area (Å²) in [5, 5.41) is 3.27. The first-order valence-electron chi connectivity index (χ1n) is 10.8. The molecule has 1 amide bonds. The normalized spacial score (nSPS) is 16.8. The van der Waals surface area contributed by atoms with Gasteiger partial charge in [0.05, 0.1) is 11.7 Å². The number of benzene rings is 2. The molecule has 1 atom stereocenters. The van der Waals surface area contributed by atoms with Crippen LogP contribution in [0, 0.1) is 0 Å². The van der Waals surface area contributed by atoms with Gasteiger partial charge in [0.1, 0.15) is 18.0 Å². The zero-order valence-corrected chi connectivity index (χ0v) is 18.6. The minimum Gasteiger partial charge on any atom is -0.489 e. The SMILES string of the molecule is CC(C)(C)OC(=O)N1CCCC1CN/C=C(\N)c1ccc(OCc2ccccc2)cc1. The van der Waals surface area contributed by atoms with Gasteiger partial charge >= 0.3 is 6.09 Å². The van der Waals surface area contributed by atoms with Crippen LogP contribution >= 0.6 is 0 Å². The van der Waals surface area contributed by atoms with E-state index in [1.165, 1.54) is 0 Å². The molecule has 2 aromatic carbocycles. The van der Waals surface area contributed by atoms with E-state index in [9.17, 15) is 4.79 Å². The van der Waals surface area contributed by atoms with E-state index in [1.807, 2.05) is 75.4 Å². The second kappa shape index (κ2) is 10.2. The van der Waals surface area contributed by atoms with Crippen molar-refractivity contribution in [3.8, 4) is 5.75 Å². The van der Waals surface area contributed by atoms with Crippen molar-refractivity contribution in [3.05, 3.63) is 71.9 Å². The summed E-state index contributed by atoms with van der Waals surface area (Å²) in [4.78, 5) is 14.2. The minimum absolute atomic E-state index is 0.104. The number of hydrogen-bond donors (Lipinski definition) is 2. The van der Waals surface area contributed by atoms with Crippen molar-refractivity contribution in [2.75, 3.05) is 13.1 Å². The van der Waals surface area contributed by atoms with Gasteiger partial charge in [0.25, 0.3) is 0 Å². The molecule has 1 unspecified atom stereocenters. The Bertz CT molecular complexity index is 873. The van der Waals surface area contributed by atoms with Gasteiger partial charge in [-0.25, -0.2) is 4.79 Å². The first-order chi connectivity index (χ1) is 14.8. The smallest absolute Gasteiger partial charge is 0.410 e. The number of rotatable bonds is 7. The van der Waals surface area contributed by atoms with Crippen molar-refractivity contribution in [3.63, 3.8) is 0 Å². The summed E-state index contributed by atoms with van der Waals surface area (Å²) in [5.41, 5.74) is 8.41. The Kier molecular flexibility index (Phi) is 7.45. The first kappa shape index (κ1) is 22.5. The fraction of sp³-hybridized carbons (Fsp3) is 0.400. The van der Waals surface area contributed by atoms with E-state index in [-0.39, 0.29) is 12.1 Å². The summed E-state index contributed by atoms with van der Waals surface area (Å²) < 4.78 is 11.3. The van der Waals surface area contributed by atoms with Crippen molar-refractivity contribution in [2.45, 2.75) is 51.9 Å². The van der Waals surface area contributed by atoms with E-state index >= 15 is 0 Å². The highest BCUT2D eigenvalue weighted by atomic mass is 16.6. The van der Waals surface area contributed by atoms with E-state index in [4.69, 9.17) is 15.2 Å². The largest absolute Gasteiger partial charge is 0.489 e. The highest BCUT2D eigenvalue weighted by molar-refractivity contribution is 5.69. The maximum Gasteiger partial charge on any atom is 0.410 e. The molecule has 0 bridgehead atoms. The molecule has 3 rings (SSSR count). The third kappa shape index (κ3) is 6.95. The number of hydrogen-bond acceptors (Lipinski definition) is 5. The molecule has 0 saturated carbocycles. The zero-order valence-electron chi connectivity index (χ0n) is 18.6. The van der Waals surface area contributed by atoms with Crippen LogP contribution in [0.2, 0.25) is 0 Å². The van der Waals surface area contributed by atoms with Gasteiger partial charge in [0.15, 0.2) is 0 Å². The highest BCUT2D eigenvalue weighted by Crippen LogP contribution is 2.21. The molecule has 2 aromatic rings. The van der Waals surface area contributed by atoms with E-state index in [2.05, 4.69) is 5.32 Å². The van der Waals surface area contributed by atoms with E-state index in [0.29, 0.717) is 18.8 Å². The Morgan fingerprint density at radius 2 is 1.87 bits per heavy atom. The summed E-state index contributed by atoms with van der Waals surface area (Å²) in [6, 6.07) is 17.9. The fourth-order valence-corrected chi connectivity index (χ4v) is 3.48. The summed E-state index contributed by atoms with van der Waals surface area (Å²) in [6.45, 7) is 7.55. The number of nitrogens with zero attached hydrogens (tertiary/aromatic N) is 1. The van der Waals surface area contributed by atoms with Crippen LogP contribution in [0.25, 0.3) is 5.70 Å². The molecular formula is C25H33N3O3. The second-order valence-corrected chi connectivity index (χ2v) is 8.78. The van der Waals surface area contributed by atoms with Gasteiger partial charge in [-0.3, -0.25) is 0 Å². The molecule has 6 heteroatoms. The van der Waals surface area contributed by atoms with Crippen LogP contribution in [0.4, 0.5) is 4.79 Å². The lowest BCUT2D eigenvalue weighted by Crippen LogP contribution is -2.43. The predicted molar refractivity (Wildman–Crippen MR) is 123 cm³/mol. The number of ether oxygens (including phenoxy) is 2. The monoisotopic (exact) mass is 423 g/mol. The molecule has 0 aromatic heterocycles. The van der Waals surface area contributed by atoms with Crippen molar-refractivity contribution in [2.24, 2.45) is 5.73 Å². The summed E-state index contributed by atoms with van der Waals surface area (Å²) in [7, 11) is 0. The van der Waals surface area contributed by atoms with Gasteiger partial charge < -0.3 is 25.4 Å². The van der Waals surface area contributed by atoms with E-state index < -0.39 is 5.60 Å². The molecule has 0 aliphatic carbocycles. The number of likely N-dealkylation sites (tertiary alicyclic amines) is 1. The molecular weight excluding hydrogens is 390 g/mol. The summed E-state index contributed by atoms with van der Waals surface area (Å²) in [6.07, 6.45) is 3.48. The molecule has 166 valence electrons. The van der Waals surface area contributed by atoms with Crippen LogP contribution in [-0.4, -0.2) is 35.7 Å². The molecule has 0 radical (unpaired) electrons. The third-order valence-electron chi connectivity index (χ3n) is 5.05. The Labute approximate surface area is 185 Å². The summed E-state index contributed by atoms with van der Waals surface area (Å²) in [5.74, 6) is 0.798. The van der Waals surface area contributed by atoms with Crippen LogP contribution in [0.5, 0.6) is 5.75 Å². The molecule has 1 aliphatic rings. The predicted octanol–water partition coefficient (Wildman–Crippen LogP) is 4.51. The molecule has 3 N–H and O–H groups in total. The molecule has 0 spiro atoms. The van der Waals surface area contributed by atoms with Crippen LogP contribution in [-0.2, 0) is 11.3 Å². The third-order valence-corrected chi connectivity index (χ3v) is 5.05. The van der Waals surface area contributed by atoms with Crippen LogP contribution in [0.15, 0.2) is 60.8 Å². The van der Waals surface area contributed by atoms with Crippen molar-refractivity contribution >= 4 is 11.8 Å². The number of amides is 1. The average Bonchev–Trinajstić information content (AvgIpc) is 3.21. The topological polar surface area (TPSA) is 76.8 Å². The molecule has 6 nitrogen and oxygen atoms in total. The highest BCUT2D eigenvalue weighted by Gasteiger charge is 2.31. The van der Waals surface area contributed by atoms with Crippen molar-refractivity contribution in [1.29, 1.82) is 0 Å². The van der Waals surface area contributed by atoms with Gasteiger partial charge in [0.2, 0.25) is 0 Å². The maximum atomic E-state index is 12.4. The number of carbonyl (C=O) groups is 1. The molecule has 1 heterocycles. The average molecular weight is 424 g/mol. The lowest BCUT2D eigenvalue weighted by molar-refractivity contribution is 0.0228. The van der Waals surface area contributed by atoms with Gasteiger partial charge in [-0.2, -0.15) is 0 Å². The van der Waals surface area contributed by atoms with Gasteiger partial charge in [-0.05, 0) is 69.0 Å². The first-order valence-corrected chi connectivity index (χ1v) is 10.8. The van der Waals surface area contributed by atoms with Crippen LogP contribution in [0.1, 0.15) is 44.7 Å². The molecule has 1 aliphatic heterocycles. The second-order valence-electron chi connectivity index (χ2n) is 8.78. The minimum atomic E-state index is -0.487. The van der Waals surface area contributed by atoms with Crippen molar-refractivity contribution in [1.82, 2.24) is 10.2 Å².